The number of halogens is 1. The zero-order valence-electron chi connectivity index (χ0n) is 8.52. The van der Waals surface area contributed by atoms with E-state index in [0.717, 1.165) is 23.6 Å². The number of hydrogen-bond acceptors (Lipinski definition) is 1. The molecule has 0 spiro atoms. The number of hydrogen-bond donors (Lipinski definition) is 1. The molecule has 0 unspecified atom stereocenters. The molecule has 1 aliphatic rings. The molecule has 2 rings (SSSR count). The van der Waals surface area contributed by atoms with Gasteiger partial charge in [0.15, 0.2) is 0 Å². The van der Waals surface area contributed by atoms with Crippen LogP contribution in [0.3, 0.4) is 0 Å². The van der Waals surface area contributed by atoms with Crippen LogP contribution in [-0.4, -0.2) is 6.54 Å². The van der Waals surface area contributed by atoms with Gasteiger partial charge in [-0.2, -0.15) is 0 Å². The summed E-state index contributed by atoms with van der Waals surface area (Å²) in [5.41, 5.74) is 1.90. The molecule has 1 aromatic rings. The number of rotatable bonds is 4. The predicted octanol–water partition coefficient (Wildman–Crippen LogP) is 2.63. The lowest BCUT2D eigenvalue weighted by atomic mass is 10.1. The van der Waals surface area contributed by atoms with Gasteiger partial charge in [-0.15, -0.1) is 0 Å². The summed E-state index contributed by atoms with van der Waals surface area (Å²) < 4.78 is 13.3. The van der Waals surface area contributed by atoms with Crippen molar-refractivity contribution in [3.05, 3.63) is 35.1 Å². The Morgan fingerprint density at radius 3 is 2.93 bits per heavy atom. The van der Waals surface area contributed by atoms with E-state index in [1.165, 1.54) is 12.8 Å². The highest BCUT2D eigenvalue weighted by atomic mass is 19.1. The van der Waals surface area contributed by atoms with E-state index in [1.807, 2.05) is 13.0 Å². The third-order valence-electron chi connectivity index (χ3n) is 2.65. The van der Waals surface area contributed by atoms with Crippen LogP contribution in [0, 0.1) is 18.7 Å². The first-order valence-corrected chi connectivity index (χ1v) is 5.21. The Hall–Kier alpha value is -0.890. The summed E-state index contributed by atoms with van der Waals surface area (Å²) in [6.07, 6.45) is 2.67. The summed E-state index contributed by atoms with van der Waals surface area (Å²) in [5.74, 6) is 0.752. The van der Waals surface area contributed by atoms with Crippen LogP contribution in [0.4, 0.5) is 4.39 Å². The molecular weight excluding hydrogens is 177 g/mol. The van der Waals surface area contributed by atoms with Gasteiger partial charge in [-0.3, -0.25) is 0 Å². The Balaban J connectivity index is 1.89. The summed E-state index contributed by atoms with van der Waals surface area (Å²) in [4.78, 5) is 0. The van der Waals surface area contributed by atoms with E-state index in [1.54, 1.807) is 12.1 Å². The minimum Gasteiger partial charge on any atom is -0.312 e. The Labute approximate surface area is 84.3 Å². The lowest BCUT2D eigenvalue weighted by molar-refractivity contribution is 0.577. The van der Waals surface area contributed by atoms with Gasteiger partial charge in [0, 0.05) is 12.1 Å². The van der Waals surface area contributed by atoms with Gasteiger partial charge in [0.1, 0.15) is 5.82 Å². The van der Waals surface area contributed by atoms with E-state index in [-0.39, 0.29) is 5.82 Å². The van der Waals surface area contributed by atoms with Crippen LogP contribution in [0.5, 0.6) is 0 Å². The molecule has 0 amide bonds. The second-order valence-electron chi connectivity index (χ2n) is 4.17. The molecular formula is C12H16FN. The highest BCUT2D eigenvalue weighted by Gasteiger charge is 2.20. The van der Waals surface area contributed by atoms with E-state index in [9.17, 15) is 4.39 Å². The van der Waals surface area contributed by atoms with Crippen LogP contribution in [0.1, 0.15) is 24.0 Å². The van der Waals surface area contributed by atoms with Crippen molar-refractivity contribution >= 4 is 0 Å². The fourth-order valence-electron chi connectivity index (χ4n) is 1.57. The number of aryl methyl sites for hydroxylation is 1. The maximum Gasteiger partial charge on any atom is 0.127 e. The minimum absolute atomic E-state index is 0.0982. The highest BCUT2D eigenvalue weighted by Crippen LogP contribution is 2.27. The van der Waals surface area contributed by atoms with Gasteiger partial charge >= 0.3 is 0 Å². The van der Waals surface area contributed by atoms with Crippen molar-refractivity contribution in [2.24, 2.45) is 5.92 Å². The Morgan fingerprint density at radius 1 is 1.43 bits per heavy atom. The highest BCUT2D eigenvalue weighted by molar-refractivity contribution is 5.23. The minimum atomic E-state index is -0.0982. The summed E-state index contributed by atoms with van der Waals surface area (Å²) >= 11 is 0. The SMILES string of the molecule is Cc1ccc(F)c(CNCC2CC2)c1. The van der Waals surface area contributed by atoms with Crippen molar-refractivity contribution in [1.29, 1.82) is 0 Å². The van der Waals surface area contributed by atoms with E-state index >= 15 is 0 Å². The van der Waals surface area contributed by atoms with Crippen LogP contribution < -0.4 is 5.32 Å². The second kappa shape index (κ2) is 4.09. The van der Waals surface area contributed by atoms with Crippen molar-refractivity contribution in [1.82, 2.24) is 5.32 Å². The Morgan fingerprint density at radius 2 is 2.21 bits per heavy atom. The quantitative estimate of drug-likeness (QED) is 0.775. The van der Waals surface area contributed by atoms with Crippen LogP contribution in [-0.2, 0) is 6.54 Å². The molecule has 1 aromatic carbocycles. The zero-order valence-corrected chi connectivity index (χ0v) is 8.52. The van der Waals surface area contributed by atoms with Gasteiger partial charge in [0.2, 0.25) is 0 Å². The van der Waals surface area contributed by atoms with Crippen LogP contribution >= 0.6 is 0 Å². The van der Waals surface area contributed by atoms with Gasteiger partial charge in [-0.25, -0.2) is 4.39 Å². The number of benzene rings is 1. The molecule has 0 bridgehead atoms. The summed E-state index contributed by atoms with van der Waals surface area (Å²) in [7, 11) is 0. The fraction of sp³-hybridized carbons (Fsp3) is 0.500. The van der Waals surface area contributed by atoms with Crippen molar-refractivity contribution in [2.75, 3.05) is 6.54 Å². The van der Waals surface area contributed by atoms with Crippen LogP contribution in [0.25, 0.3) is 0 Å². The van der Waals surface area contributed by atoms with Gasteiger partial charge in [-0.05, 0) is 38.3 Å². The molecule has 0 aliphatic heterocycles. The maximum absolute atomic E-state index is 13.3. The van der Waals surface area contributed by atoms with Crippen molar-refractivity contribution in [2.45, 2.75) is 26.3 Å². The molecule has 0 aromatic heterocycles. The normalized spacial score (nSPS) is 15.9. The molecule has 0 saturated heterocycles. The first-order chi connectivity index (χ1) is 6.75. The second-order valence-corrected chi connectivity index (χ2v) is 4.17. The van der Waals surface area contributed by atoms with Gasteiger partial charge in [-0.1, -0.05) is 17.7 Å². The largest absolute Gasteiger partial charge is 0.312 e. The molecule has 1 N–H and O–H groups in total. The van der Waals surface area contributed by atoms with E-state index in [4.69, 9.17) is 0 Å². The molecule has 0 heterocycles. The molecule has 14 heavy (non-hydrogen) atoms. The molecule has 1 nitrogen and oxygen atoms in total. The molecule has 1 saturated carbocycles. The molecule has 0 radical (unpaired) electrons. The summed E-state index contributed by atoms with van der Waals surface area (Å²) in [5, 5.41) is 3.29. The number of nitrogens with one attached hydrogen (secondary N) is 1. The summed E-state index contributed by atoms with van der Waals surface area (Å²) in [6.45, 7) is 3.68. The third kappa shape index (κ3) is 2.55. The molecule has 0 atom stereocenters. The molecule has 1 fully saturated rings. The molecule has 2 heteroatoms. The molecule has 1 aliphatic carbocycles. The monoisotopic (exact) mass is 193 g/mol. The Bertz CT molecular complexity index is 318. The lowest BCUT2D eigenvalue weighted by Crippen LogP contribution is -2.17. The van der Waals surface area contributed by atoms with Crippen molar-refractivity contribution < 1.29 is 4.39 Å². The first-order valence-electron chi connectivity index (χ1n) is 5.21. The predicted molar refractivity (Wildman–Crippen MR) is 55.6 cm³/mol. The standard InChI is InChI=1S/C12H16FN/c1-9-2-5-12(13)11(6-9)8-14-7-10-3-4-10/h2,5-6,10,14H,3-4,7-8H2,1H3. The average molecular weight is 193 g/mol. The molecule has 76 valence electrons. The third-order valence-corrected chi connectivity index (χ3v) is 2.65. The summed E-state index contributed by atoms with van der Waals surface area (Å²) in [6, 6.07) is 5.26. The lowest BCUT2D eigenvalue weighted by Gasteiger charge is -2.05. The van der Waals surface area contributed by atoms with Crippen LogP contribution in [0.2, 0.25) is 0 Å². The van der Waals surface area contributed by atoms with Gasteiger partial charge in [0.05, 0.1) is 0 Å². The van der Waals surface area contributed by atoms with E-state index in [0.29, 0.717) is 6.54 Å². The van der Waals surface area contributed by atoms with Gasteiger partial charge < -0.3 is 5.32 Å². The average Bonchev–Trinajstić information content (AvgIpc) is 2.95. The van der Waals surface area contributed by atoms with Gasteiger partial charge in [0.25, 0.3) is 0 Å². The van der Waals surface area contributed by atoms with E-state index in [2.05, 4.69) is 5.32 Å². The van der Waals surface area contributed by atoms with E-state index < -0.39 is 0 Å². The van der Waals surface area contributed by atoms with Crippen LogP contribution in [0.15, 0.2) is 18.2 Å². The first kappa shape index (κ1) is 9.66. The topological polar surface area (TPSA) is 12.0 Å². The maximum atomic E-state index is 13.3. The van der Waals surface area contributed by atoms with Crippen molar-refractivity contribution in [3.63, 3.8) is 0 Å². The fourth-order valence-corrected chi connectivity index (χ4v) is 1.57. The zero-order chi connectivity index (χ0) is 9.97. The Kier molecular flexibility index (Phi) is 2.82. The van der Waals surface area contributed by atoms with Crippen molar-refractivity contribution in [3.8, 4) is 0 Å². The smallest absolute Gasteiger partial charge is 0.127 e.